The Morgan fingerprint density at radius 3 is 2.62 bits per heavy atom. The van der Waals surface area contributed by atoms with Crippen LogP contribution in [0.25, 0.3) is 0 Å². The van der Waals surface area contributed by atoms with E-state index in [1.165, 1.54) is 6.07 Å². The fraction of sp³-hybridized carbons (Fsp3) is 0.562. The quantitative estimate of drug-likeness (QED) is 0.803. The van der Waals surface area contributed by atoms with Crippen LogP contribution in [0.2, 0.25) is 5.02 Å². The number of thioether (sulfide) groups is 1. The molecule has 1 heterocycles. The maximum absolute atomic E-state index is 13.8. The Bertz CT molecular complexity index is 522. The van der Waals surface area contributed by atoms with E-state index in [1.807, 2.05) is 11.2 Å². The number of halogens is 3. The number of amides is 1. The molecule has 136 valence electrons. The molecule has 8 heteroatoms. The molecule has 1 atom stereocenters. The van der Waals surface area contributed by atoms with E-state index in [2.05, 4.69) is 4.90 Å². The Morgan fingerprint density at radius 2 is 2.04 bits per heavy atom. The number of rotatable bonds is 6. The summed E-state index contributed by atoms with van der Waals surface area (Å²) in [6.45, 7) is 3.11. The molecule has 0 aromatic heterocycles. The summed E-state index contributed by atoms with van der Waals surface area (Å²) < 4.78 is 13.8. The van der Waals surface area contributed by atoms with E-state index < -0.39 is 6.04 Å². The Balaban J connectivity index is 0.00000288. The van der Waals surface area contributed by atoms with Crippen molar-refractivity contribution >= 4 is 41.7 Å². The van der Waals surface area contributed by atoms with Crippen molar-refractivity contribution in [3.05, 3.63) is 34.6 Å². The summed E-state index contributed by atoms with van der Waals surface area (Å²) in [7, 11) is 0. The lowest BCUT2D eigenvalue weighted by Gasteiger charge is -2.36. The number of benzene rings is 1. The molecule has 0 saturated carbocycles. The molecule has 2 rings (SSSR count). The van der Waals surface area contributed by atoms with Crippen molar-refractivity contribution in [2.45, 2.75) is 19.0 Å². The van der Waals surface area contributed by atoms with Crippen molar-refractivity contribution in [3.63, 3.8) is 0 Å². The van der Waals surface area contributed by atoms with Crippen LogP contribution in [0.1, 0.15) is 12.0 Å². The lowest BCUT2D eigenvalue weighted by atomic mass is 10.1. The number of nitrogens with two attached hydrogens (primary N) is 1. The van der Waals surface area contributed by atoms with Gasteiger partial charge in [0.1, 0.15) is 5.82 Å². The van der Waals surface area contributed by atoms with Crippen molar-refractivity contribution < 1.29 is 9.18 Å². The molecule has 1 unspecified atom stereocenters. The van der Waals surface area contributed by atoms with E-state index in [4.69, 9.17) is 17.3 Å². The predicted octanol–water partition coefficient (Wildman–Crippen LogP) is 2.63. The summed E-state index contributed by atoms with van der Waals surface area (Å²) in [4.78, 5) is 16.2. The third-order valence-corrected chi connectivity index (χ3v) is 5.08. The van der Waals surface area contributed by atoms with Gasteiger partial charge in [-0.05, 0) is 30.6 Å². The first-order chi connectivity index (χ1) is 11.0. The molecule has 0 radical (unpaired) electrons. The minimum absolute atomic E-state index is 0. The lowest BCUT2D eigenvalue weighted by Crippen LogP contribution is -2.53. The summed E-state index contributed by atoms with van der Waals surface area (Å²) in [5.41, 5.74) is 6.47. The van der Waals surface area contributed by atoms with Crippen LogP contribution in [0.5, 0.6) is 0 Å². The zero-order valence-corrected chi connectivity index (χ0v) is 16.1. The summed E-state index contributed by atoms with van der Waals surface area (Å²) in [6, 6.07) is 4.30. The molecular weight excluding hydrogens is 372 g/mol. The molecule has 4 nitrogen and oxygen atoms in total. The fourth-order valence-electron chi connectivity index (χ4n) is 2.64. The van der Waals surface area contributed by atoms with Crippen LogP contribution in [0.3, 0.4) is 0 Å². The van der Waals surface area contributed by atoms with Gasteiger partial charge in [-0.1, -0.05) is 17.7 Å². The van der Waals surface area contributed by atoms with Crippen molar-refractivity contribution in [2.75, 3.05) is 38.2 Å². The summed E-state index contributed by atoms with van der Waals surface area (Å²) in [5, 5.41) is 0.447. The molecule has 0 aliphatic carbocycles. The molecule has 2 N–H and O–H groups in total. The molecule has 0 spiro atoms. The number of hydrogen-bond acceptors (Lipinski definition) is 4. The Morgan fingerprint density at radius 1 is 1.38 bits per heavy atom. The molecule has 1 aromatic rings. The molecule has 1 aromatic carbocycles. The minimum atomic E-state index is -0.421. The highest BCUT2D eigenvalue weighted by Gasteiger charge is 2.25. The van der Waals surface area contributed by atoms with Gasteiger partial charge in [-0.3, -0.25) is 9.69 Å². The number of carbonyl (C=O) groups is 1. The van der Waals surface area contributed by atoms with Crippen molar-refractivity contribution in [2.24, 2.45) is 5.73 Å². The monoisotopic (exact) mass is 395 g/mol. The standard InChI is InChI=1S/C16H23ClFN3OS.ClH/c1-23-10-5-15(19)16(22)21-8-6-20(7-9-21)11-12-13(17)3-2-4-14(12)18;/h2-4,15H,5-11,19H2,1H3;1H. The van der Waals surface area contributed by atoms with Crippen LogP contribution in [0.4, 0.5) is 4.39 Å². The highest BCUT2D eigenvalue weighted by molar-refractivity contribution is 7.98. The lowest BCUT2D eigenvalue weighted by molar-refractivity contribution is -0.134. The van der Waals surface area contributed by atoms with E-state index in [9.17, 15) is 9.18 Å². The Labute approximate surface area is 158 Å². The predicted molar refractivity (Wildman–Crippen MR) is 101 cm³/mol. The molecule has 1 saturated heterocycles. The Kier molecular flexibility index (Phi) is 9.37. The second-order valence-corrected chi connectivity index (χ2v) is 7.08. The summed E-state index contributed by atoms with van der Waals surface area (Å²) >= 11 is 7.76. The van der Waals surface area contributed by atoms with Gasteiger partial charge >= 0.3 is 0 Å². The van der Waals surface area contributed by atoms with Gasteiger partial charge in [0.05, 0.1) is 6.04 Å². The molecule has 24 heavy (non-hydrogen) atoms. The van der Waals surface area contributed by atoms with Gasteiger partial charge in [-0.25, -0.2) is 4.39 Å². The average molecular weight is 396 g/mol. The fourth-order valence-corrected chi connectivity index (χ4v) is 3.35. The van der Waals surface area contributed by atoms with Gasteiger partial charge in [0.25, 0.3) is 0 Å². The molecule has 1 aliphatic heterocycles. The van der Waals surface area contributed by atoms with E-state index in [0.717, 1.165) is 5.75 Å². The van der Waals surface area contributed by atoms with Gasteiger partial charge in [0.15, 0.2) is 0 Å². The van der Waals surface area contributed by atoms with Gasteiger partial charge < -0.3 is 10.6 Å². The molecular formula is C16H24Cl2FN3OS. The largest absolute Gasteiger partial charge is 0.339 e. The zero-order valence-electron chi connectivity index (χ0n) is 13.7. The molecule has 1 amide bonds. The third-order valence-electron chi connectivity index (χ3n) is 4.08. The number of nitrogens with zero attached hydrogens (tertiary/aromatic N) is 2. The van der Waals surface area contributed by atoms with Crippen LogP contribution in [0.15, 0.2) is 18.2 Å². The second-order valence-electron chi connectivity index (χ2n) is 5.69. The molecule has 1 fully saturated rings. The summed E-state index contributed by atoms with van der Waals surface area (Å²) in [6.07, 6.45) is 2.70. The van der Waals surface area contributed by atoms with Gasteiger partial charge in [-0.15, -0.1) is 12.4 Å². The molecule has 1 aliphatic rings. The normalized spacial score (nSPS) is 16.6. The number of carbonyl (C=O) groups excluding carboxylic acids is 1. The highest BCUT2D eigenvalue weighted by Crippen LogP contribution is 2.21. The van der Waals surface area contributed by atoms with Crippen LogP contribution in [0, 0.1) is 5.82 Å². The third kappa shape index (κ3) is 5.77. The van der Waals surface area contributed by atoms with E-state index >= 15 is 0 Å². The van der Waals surface area contributed by atoms with Crippen molar-refractivity contribution in [3.8, 4) is 0 Å². The first-order valence-electron chi connectivity index (χ1n) is 7.71. The van der Waals surface area contributed by atoms with Crippen LogP contribution in [-0.2, 0) is 11.3 Å². The second kappa shape index (κ2) is 10.5. The smallest absolute Gasteiger partial charge is 0.239 e. The molecule has 0 bridgehead atoms. The SMILES string of the molecule is CSCCC(N)C(=O)N1CCN(Cc2c(F)cccc2Cl)CC1.Cl. The van der Waals surface area contributed by atoms with Gasteiger partial charge in [0.2, 0.25) is 5.91 Å². The van der Waals surface area contributed by atoms with Gasteiger partial charge in [-0.2, -0.15) is 11.8 Å². The maximum Gasteiger partial charge on any atom is 0.239 e. The van der Waals surface area contributed by atoms with Crippen LogP contribution >= 0.6 is 35.8 Å². The maximum atomic E-state index is 13.8. The van der Waals surface area contributed by atoms with Crippen LogP contribution < -0.4 is 5.73 Å². The zero-order chi connectivity index (χ0) is 16.8. The van der Waals surface area contributed by atoms with E-state index in [-0.39, 0.29) is 24.1 Å². The van der Waals surface area contributed by atoms with Gasteiger partial charge in [0, 0.05) is 43.3 Å². The van der Waals surface area contributed by atoms with E-state index in [0.29, 0.717) is 49.7 Å². The first kappa shape index (κ1) is 21.5. The highest BCUT2D eigenvalue weighted by atomic mass is 35.5. The number of piperazine rings is 1. The van der Waals surface area contributed by atoms with Crippen molar-refractivity contribution in [1.29, 1.82) is 0 Å². The number of hydrogen-bond donors (Lipinski definition) is 1. The van der Waals surface area contributed by atoms with E-state index in [1.54, 1.807) is 23.9 Å². The van der Waals surface area contributed by atoms with Crippen LogP contribution in [-0.4, -0.2) is 59.9 Å². The average Bonchev–Trinajstić information content (AvgIpc) is 2.56. The van der Waals surface area contributed by atoms with Crippen molar-refractivity contribution in [1.82, 2.24) is 9.80 Å². The summed E-state index contributed by atoms with van der Waals surface area (Å²) in [5.74, 6) is 0.622. The first-order valence-corrected chi connectivity index (χ1v) is 9.48. The minimum Gasteiger partial charge on any atom is -0.339 e. The topological polar surface area (TPSA) is 49.6 Å². The Hall–Kier alpha value is -0.530.